The van der Waals surface area contributed by atoms with Gasteiger partial charge in [-0.15, -0.1) is 0 Å². The topological polar surface area (TPSA) is 33.1 Å². The minimum absolute atomic E-state index is 0.511. The van der Waals surface area contributed by atoms with Gasteiger partial charge >= 0.3 is 0 Å². The van der Waals surface area contributed by atoms with Gasteiger partial charge in [0, 0.05) is 31.9 Å². The van der Waals surface area contributed by atoms with Crippen molar-refractivity contribution in [2.24, 2.45) is 0 Å². The summed E-state index contributed by atoms with van der Waals surface area (Å²) in [4.78, 5) is 6.52. The summed E-state index contributed by atoms with van der Waals surface area (Å²) in [5.41, 5.74) is 1.11. The van der Waals surface area contributed by atoms with E-state index in [0.29, 0.717) is 6.04 Å². The fourth-order valence-electron chi connectivity index (χ4n) is 1.24. The van der Waals surface area contributed by atoms with E-state index in [4.69, 9.17) is 0 Å². The number of aromatic nitrogens is 2. The van der Waals surface area contributed by atoms with E-state index in [9.17, 15) is 0 Å². The summed E-state index contributed by atoms with van der Waals surface area (Å²) in [6.45, 7) is 7.19. The van der Waals surface area contributed by atoms with E-state index in [1.807, 2.05) is 6.33 Å². The molecule has 0 amide bonds. The Morgan fingerprint density at radius 2 is 2.20 bits per heavy atom. The molecule has 1 N–H and O–H groups in total. The van der Waals surface area contributed by atoms with E-state index in [1.54, 1.807) is 0 Å². The number of hydrogen-bond donors (Lipinski definition) is 1. The van der Waals surface area contributed by atoms with Crippen molar-refractivity contribution in [2.45, 2.75) is 33.0 Å². The minimum atomic E-state index is 0.511. The third kappa shape index (κ3) is 4.95. The minimum Gasteiger partial charge on any atom is -0.336 e. The Kier molecular flexibility index (Phi) is 4.78. The van der Waals surface area contributed by atoms with Gasteiger partial charge in [-0.05, 0) is 14.1 Å². The largest absolute Gasteiger partial charge is 0.336 e. The van der Waals surface area contributed by atoms with Crippen molar-refractivity contribution in [3.05, 3.63) is 18.2 Å². The van der Waals surface area contributed by atoms with E-state index in [2.05, 4.69) is 53.9 Å². The molecule has 1 rings (SSSR count). The van der Waals surface area contributed by atoms with Gasteiger partial charge < -0.3 is 14.8 Å². The zero-order valence-electron chi connectivity index (χ0n) is 10.2. The fourth-order valence-corrected chi connectivity index (χ4v) is 1.24. The third-order valence-electron chi connectivity index (χ3n) is 2.18. The lowest BCUT2D eigenvalue weighted by Crippen LogP contribution is -2.22. The van der Waals surface area contributed by atoms with Crippen molar-refractivity contribution in [1.82, 2.24) is 19.8 Å². The quantitative estimate of drug-likeness (QED) is 0.758. The van der Waals surface area contributed by atoms with Gasteiger partial charge in [-0.3, -0.25) is 0 Å². The molecule has 0 fully saturated rings. The Balaban J connectivity index is 2.35. The molecular weight excluding hydrogens is 188 g/mol. The summed E-state index contributed by atoms with van der Waals surface area (Å²) >= 11 is 0. The van der Waals surface area contributed by atoms with Crippen molar-refractivity contribution in [1.29, 1.82) is 0 Å². The maximum absolute atomic E-state index is 4.35. The maximum atomic E-state index is 4.35. The normalized spacial score (nSPS) is 11.6. The first-order valence-electron chi connectivity index (χ1n) is 5.46. The molecule has 0 radical (unpaired) electrons. The monoisotopic (exact) mass is 210 g/mol. The van der Waals surface area contributed by atoms with Gasteiger partial charge in [0.2, 0.25) is 0 Å². The molecule has 0 aliphatic rings. The van der Waals surface area contributed by atoms with Gasteiger partial charge in [0.25, 0.3) is 0 Å². The van der Waals surface area contributed by atoms with Crippen LogP contribution in [0.4, 0.5) is 0 Å². The average molecular weight is 210 g/mol. The highest BCUT2D eigenvalue weighted by atomic mass is 15.1. The second-order valence-corrected chi connectivity index (χ2v) is 4.44. The van der Waals surface area contributed by atoms with Gasteiger partial charge in [0.15, 0.2) is 0 Å². The highest BCUT2D eigenvalue weighted by Gasteiger charge is 2.00. The highest BCUT2D eigenvalue weighted by molar-refractivity contribution is 4.96. The fraction of sp³-hybridized carbons (Fsp3) is 0.727. The van der Waals surface area contributed by atoms with Crippen LogP contribution in [0.3, 0.4) is 0 Å². The Morgan fingerprint density at radius 1 is 1.47 bits per heavy atom. The third-order valence-corrected chi connectivity index (χ3v) is 2.18. The van der Waals surface area contributed by atoms with Crippen LogP contribution in [0.15, 0.2) is 12.5 Å². The molecule has 0 spiro atoms. The molecule has 1 aromatic rings. The lowest BCUT2D eigenvalue weighted by molar-refractivity contribution is 0.383. The van der Waals surface area contributed by atoms with E-state index in [1.165, 1.54) is 0 Å². The molecule has 4 nitrogen and oxygen atoms in total. The van der Waals surface area contributed by atoms with Gasteiger partial charge in [-0.2, -0.15) is 0 Å². The summed E-state index contributed by atoms with van der Waals surface area (Å²) in [6.07, 6.45) is 4.01. The first-order valence-corrected chi connectivity index (χ1v) is 5.46. The summed E-state index contributed by atoms with van der Waals surface area (Å²) in [6, 6.07) is 0.511. The van der Waals surface area contributed by atoms with Crippen LogP contribution in [0.25, 0.3) is 0 Å². The molecule has 0 saturated heterocycles. The summed E-state index contributed by atoms with van der Waals surface area (Å²) in [5.74, 6) is 0. The smallest absolute Gasteiger partial charge is 0.0950 e. The van der Waals surface area contributed by atoms with Crippen LogP contribution in [-0.2, 0) is 13.1 Å². The van der Waals surface area contributed by atoms with Crippen LogP contribution >= 0.6 is 0 Å². The Morgan fingerprint density at radius 3 is 2.80 bits per heavy atom. The molecule has 0 aromatic carbocycles. The predicted octanol–water partition coefficient (Wildman–Crippen LogP) is 0.943. The zero-order chi connectivity index (χ0) is 11.3. The van der Waals surface area contributed by atoms with Crippen LogP contribution < -0.4 is 5.32 Å². The van der Waals surface area contributed by atoms with Crippen LogP contribution in [0.2, 0.25) is 0 Å². The van der Waals surface area contributed by atoms with E-state index < -0.39 is 0 Å². The number of likely N-dealkylation sites (N-methyl/N-ethyl adjacent to an activating group) is 1. The van der Waals surface area contributed by atoms with Crippen molar-refractivity contribution in [3.63, 3.8) is 0 Å². The van der Waals surface area contributed by atoms with Gasteiger partial charge in [0.05, 0.1) is 12.0 Å². The Bertz CT molecular complexity index is 251. The molecule has 4 heteroatoms. The number of nitrogens with one attached hydrogen (secondary N) is 1. The summed E-state index contributed by atoms with van der Waals surface area (Å²) in [7, 11) is 4.16. The van der Waals surface area contributed by atoms with Crippen LogP contribution in [0.5, 0.6) is 0 Å². The molecule has 0 unspecified atom stereocenters. The molecule has 0 saturated carbocycles. The first kappa shape index (κ1) is 12.2. The molecule has 1 aromatic heterocycles. The highest BCUT2D eigenvalue weighted by Crippen LogP contribution is 1.97. The molecule has 15 heavy (non-hydrogen) atoms. The molecule has 1 heterocycles. The second-order valence-electron chi connectivity index (χ2n) is 4.44. The van der Waals surface area contributed by atoms with Crippen LogP contribution in [0, 0.1) is 0 Å². The molecule has 0 aliphatic heterocycles. The summed E-state index contributed by atoms with van der Waals surface area (Å²) < 4.78 is 2.14. The Hall–Kier alpha value is -0.870. The lowest BCUT2D eigenvalue weighted by Gasteiger charge is -2.09. The second kappa shape index (κ2) is 5.88. The van der Waals surface area contributed by atoms with Crippen molar-refractivity contribution < 1.29 is 0 Å². The van der Waals surface area contributed by atoms with Gasteiger partial charge in [0.1, 0.15) is 0 Å². The molecule has 0 aliphatic carbocycles. The number of hydrogen-bond acceptors (Lipinski definition) is 3. The SMILES string of the molecule is CC(C)NCc1cn(CCN(C)C)cn1. The summed E-state index contributed by atoms with van der Waals surface area (Å²) in [5, 5.41) is 3.35. The zero-order valence-corrected chi connectivity index (χ0v) is 10.2. The number of imidazole rings is 1. The van der Waals surface area contributed by atoms with Crippen molar-refractivity contribution in [3.8, 4) is 0 Å². The van der Waals surface area contributed by atoms with Crippen LogP contribution in [0.1, 0.15) is 19.5 Å². The molecular formula is C11H22N4. The number of rotatable bonds is 6. The van der Waals surface area contributed by atoms with E-state index >= 15 is 0 Å². The maximum Gasteiger partial charge on any atom is 0.0950 e. The van der Waals surface area contributed by atoms with E-state index in [0.717, 1.165) is 25.3 Å². The van der Waals surface area contributed by atoms with Gasteiger partial charge in [-0.25, -0.2) is 4.98 Å². The van der Waals surface area contributed by atoms with Crippen LogP contribution in [-0.4, -0.2) is 41.1 Å². The standard InChI is InChI=1S/C11H22N4/c1-10(2)12-7-11-8-15(9-13-11)6-5-14(3)4/h8-10,12H,5-7H2,1-4H3. The average Bonchev–Trinajstić information content (AvgIpc) is 2.59. The molecule has 86 valence electrons. The lowest BCUT2D eigenvalue weighted by atomic mass is 10.3. The number of nitrogens with zero attached hydrogens (tertiary/aromatic N) is 3. The van der Waals surface area contributed by atoms with Crippen molar-refractivity contribution >= 4 is 0 Å². The van der Waals surface area contributed by atoms with Crippen molar-refractivity contribution in [2.75, 3.05) is 20.6 Å². The van der Waals surface area contributed by atoms with Gasteiger partial charge in [-0.1, -0.05) is 13.8 Å². The first-order chi connectivity index (χ1) is 7.08. The molecule has 0 bridgehead atoms. The predicted molar refractivity (Wildman–Crippen MR) is 62.8 cm³/mol. The van der Waals surface area contributed by atoms with E-state index in [-0.39, 0.29) is 0 Å². The Labute approximate surface area is 92.3 Å². The molecule has 0 atom stereocenters.